The number of carbonyl (C=O) groups is 1. The Bertz CT molecular complexity index is 2000. The number of nitrogens with zero attached hydrogens (tertiary/aromatic N) is 2. The first-order valence-corrected chi connectivity index (χ1v) is 16.0. The summed E-state index contributed by atoms with van der Waals surface area (Å²) in [6, 6.07) is 15.0. The average molecular weight is 684 g/mol. The highest BCUT2D eigenvalue weighted by molar-refractivity contribution is 7.07. The summed E-state index contributed by atoms with van der Waals surface area (Å²) in [5.41, 5.74) is 2.41. The summed E-state index contributed by atoms with van der Waals surface area (Å²) in [6.07, 6.45) is 1.76. The SMILES string of the molecule is CCOC(=O)C1=C(C)N=c2s/c(=C/c3ccc(OCc4ccc(Cl)cc4Cl)c(OCC)c3)c(=O)n2[C@H]1c1cc(OC)ccc1OC. The van der Waals surface area contributed by atoms with Gasteiger partial charge in [0.25, 0.3) is 5.56 Å². The number of hydrogen-bond acceptors (Lipinski definition) is 9. The van der Waals surface area contributed by atoms with Crippen molar-refractivity contribution in [3.63, 3.8) is 0 Å². The van der Waals surface area contributed by atoms with E-state index in [1.807, 2.05) is 19.1 Å². The van der Waals surface area contributed by atoms with Gasteiger partial charge in [0.05, 0.1) is 43.2 Å². The molecule has 0 N–H and O–H groups in total. The molecule has 5 rings (SSSR count). The van der Waals surface area contributed by atoms with Crippen LogP contribution in [0.15, 0.2) is 75.7 Å². The number of hydrogen-bond donors (Lipinski definition) is 0. The van der Waals surface area contributed by atoms with Gasteiger partial charge in [0.1, 0.15) is 24.1 Å². The van der Waals surface area contributed by atoms with Gasteiger partial charge in [0.2, 0.25) is 0 Å². The fourth-order valence-corrected chi connectivity index (χ4v) is 6.60. The molecule has 2 heterocycles. The second-order valence-electron chi connectivity index (χ2n) is 10.1. The Hall–Kier alpha value is -4.25. The molecule has 0 spiro atoms. The highest BCUT2D eigenvalue weighted by atomic mass is 35.5. The molecule has 1 aromatic heterocycles. The predicted molar refractivity (Wildman–Crippen MR) is 178 cm³/mol. The molecular weight excluding hydrogens is 651 g/mol. The van der Waals surface area contributed by atoms with Crippen LogP contribution in [-0.4, -0.2) is 38.0 Å². The molecule has 0 aliphatic carbocycles. The Morgan fingerprint density at radius 2 is 1.74 bits per heavy atom. The Morgan fingerprint density at radius 3 is 2.43 bits per heavy atom. The second kappa shape index (κ2) is 14.5. The number of carbonyl (C=O) groups excluding carboxylic acids is 1. The fourth-order valence-electron chi connectivity index (χ4n) is 5.09. The summed E-state index contributed by atoms with van der Waals surface area (Å²) < 4.78 is 30.4. The summed E-state index contributed by atoms with van der Waals surface area (Å²) in [5, 5.41) is 1.04. The normalized spacial score (nSPS) is 14.4. The quantitative estimate of drug-likeness (QED) is 0.176. The van der Waals surface area contributed by atoms with Crippen LogP contribution in [0.3, 0.4) is 0 Å². The third kappa shape index (κ3) is 6.79. The van der Waals surface area contributed by atoms with Crippen LogP contribution < -0.4 is 33.8 Å². The zero-order valence-corrected chi connectivity index (χ0v) is 28.2. The lowest BCUT2D eigenvalue weighted by atomic mass is 9.94. The Labute approximate surface area is 279 Å². The smallest absolute Gasteiger partial charge is 0.338 e. The summed E-state index contributed by atoms with van der Waals surface area (Å²) in [5.74, 6) is 1.48. The molecule has 0 saturated heterocycles. The van der Waals surface area contributed by atoms with Crippen LogP contribution in [0.5, 0.6) is 23.0 Å². The predicted octanol–water partition coefficient (Wildman–Crippen LogP) is 6.10. The maximum atomic E-state index is 14.1. The molecule has 0 bridgehead atoms. The lowest BCUT2D eigenvalue weighted by Crippen LogP contribution is -2.40. The zero-order valence-electron chi connectivity index (χ0n) is 25.9. The van der Waals surface area contributed by atoms with E-state index in [1.54, 1.807) is 69.5 Å². The van der Waals surface area contributed by atoms with Crippen LogP contribution in [0, 0.1) is 0 Å². The minimum Gasteiger partial charge on any atom is -0.497 e. The monoisotopic (exact) mass is 682 g/mol. The van der Waals surface area contributed by atoms with Gasteiger partial charge in [-0.2, -0.15) is 0 Å². The summed E-state index contributed by atoms with van der Waals surface area (Å²) in [7, 11) is 3.08. The van der Waals surface area contributed by atoms with Crippen molar-refractivity contribution >= 4 is 46.6 Å². The van der Waals surface area contributed by atoms with Gasteiger partial charge in [-0.1, -0.05) is 46.7 Å². The molecular formula is C34H32Cl2N2O7S. The lowest BCUT2D eigenvalue weighted by Gasteiger charge is -2.26. The molecule has 12 heteroatoms. The molecule has 0 saturated carbocycles. The van der Waals surface area contributed by atoms with Crippen LogP contribution in [-0.2, 0) is 16.1 Å². The van der Waals surface area contributed by atoms with Gasteiger partial charge in [-0.05, 0) is 74.9 Å². The molecule has 0 amide bonds. The first-order valence-electron chi connectivity index (χ1n) is 14.4. The topological polar surface area (TPSA) is 97.6 Å². The van der Waals surface area contributed by atoms with Crippen molar-refractivity contribution in [1.29, 1.82) is 0 Å². The first kappa shape index (κ1) is 33.1. The van der Waals surface area contributed by atoms with Crippen molar-refractivity contribution in [3.8, 4) is 23.0 Å². The number of ether oxygens (including phenoxy) is 5. The molecule has 0 fully saturated rings. The number of allylic oxidation sites excluding steroid dienone is 1. The lowest BCUT2D eigenvalue weighted by molar-refractivity contribution is -0.139. The van der Waals surface area contributed by atoms with Crippen molar-refractivity contribution in [1.82, 2.24) is 4.57 Å². The van der Waals surface area contributed by atoms with E-state index in [1.165, 1.54) is 23.0 Å². The van der Waals surface area contributed by atoms with Gasteiger partial charge in [0.15, 0.2) is 16.3 Å². The maximum absolute atomic E-state index is 14.1. The van der Waals surface area contributed by atoms with Crippen LogP contribution in [0.25, 0.3) is 6.08 Å². The molecule has 4 aromatic rings. The van der Waals surface area contributed by atoms with E-state index in [9.17, 15) is 9.59 Å². The fraction of sp³-hybridized carbons (Fsp3) is 0.265. The largest absolute Gasteiger partial charge is 0.497 e. The van der Waals surface area contributed by atoms with Crippen molar-refractivity contribution in [2.45, 2.75) is 33.4 Å². The van der Waals surface area contributed by atoms with Crippen LogP contribution in [0.1, 0.15) is 43.5 Å². The number of halogens is 2. The van der Waals surface area contributed by atoms with Gasteiger partial charge >= 0.3 is 5.97 Å². The molecule has 1 aliphatic rings. The summed E-state index contributed by atoms with van der Waals surface area (Å²) >= 11 is 13.6. The third-order valence-corrected chi connectivity index (χ3v) is 8.78. The van der Waals surface area contributed by atoms with E-state index in [0.29, 0.717) is 65.8 Å². The second-order valence-corrected chi connectivity index (χ2v) is 11.9. The molecule has 240 valence electrons. The number of benzene rings is 3. The molecule has 9 nitrogen and oxygen atoms in total. The van der Waals surface area contributed by atoms with E-state index in [-0.39, 0.29) is 24.3 Å². The molecule has 0 radical (unpaired) electrons. The van der Waals surface area contributed by atoms with Crippen molar-refractivity contribution in [2.24, 2.45) is 4.99 Å². The van der Waals surface area contributed by atoms with E-state index >= 15 is 0 Å². The molecule has 46 heavy (non-hydrogen) atoms. The maximum Gasteiger partial charge on any atom is 0.338 e. The Kier molecular flexibility index (Phi) is 10.4. The summed E-state index contributed by atoms with van der Waals surface area (Å²) in [6.45, 7) is 6.11. The first-order chi connectivity index (χ1) is 22.2. The highest BCUT2D eigenvalue weighted by Gasteiger charge is 2.35. The van der Waals surface area contributed by atoms with Crippen LogP contribution in [0.4, 0.5) is 0 Å². The van der Waals surface area contributed by atoms with E-state index in [2.05, 4.69) is 4.99 Å². The number of aromatic nitrogens is 1. The van der Waals surface area contributed by atoms with Gasteiger partial charge in [-0.25, -0.2) is 9.79 Å². The zero-order chi connectivity index (χ0) is 33.0. The van der Waals surface area contributed by atoms with Gasteiger partial charge in [-0.3, -0.25) is 9.36 Å². The van der Waals surface area contributed by atoms with E-state index < -0.39 is 12.0 Å². The molecule has 3 aromatic carbocycles. The number of methoxy groups -OCH3 is 2. The van der Waals surface area contributed by atoms with Gasteiger partial charge < -0.3 is 23.7 Å². The molecule has 1 atom stereocenters. The van der Waals surface area contributed by atoms with Gasteiger partial charge in [-0.15, -0.1) is 0 Å². The van der Waals surface area contributed by atoms with Crippen LogP contribution in [0.2, 0.25) is 10.0 Å². The van der Waals surface area contributed by atoms with Crippen molar-refractivity contribution < 1.29 is 28.5 Å². The number of esters is 1. The number of fused-ring (bicyclic) bond motifs is 1. The standard InChI is InChI=1S/C34H32Cl2N2O7S/c1-6-43-28-14-20(8-12-27(28)45-18-21-9-10-22(35)16-25(21)36)15-29-32(39)38-31(24-17-23(41-4)11-13-26(24)42-5)30(33(40)44-7-2)19(3)37-34(38)46-29/h8-17,31H,6-7,18H2,1-5H3/b29-15+/t31-/m0/s1. The minimum atomic E-state index is -0.864. The van der Waals surface area contributed by atoms with Crippen molar-refractivity contribution in [3.05, 3.63) is 112 Å². The molecule has 0 unspecified atom stereocenters. The van der Waals surface area contributed by atoms with Crippen LogP contribution >= 0.6 is 34.5 Å². The minimum absolute atomic E-state index is 0.163. The Morgan fingerprint density at radius 1 is 0.957 bits per heavy atom. The van der Waals surface area contributed by atoms with Gasteiger partial charge in [0, 0.05) is 21.2 Å². The molecule has 1 aliphatic heterocycles. The van der Waals surface area contributed by atoms with E-state index in [0.717, 1.165) is 5.56 Å². The Balaban J connectivity index is 1.59. The number of rotatable bonds is 11. The van der Waals surface area contributed by atoms with Crippen molar-refractivity contribution in [2.75, 3.05) is 27.4 Å². The third-order valence-electron chi connectivity index (χ3n) is 7.21. The highest BCUT2D eigenvalue weighted by Crippen LogP contribution is 2.38. The van der Waals surface area contributed by atoms with E-state index in [4.69, 9.17) is 46.9 Å². The number of thiazole rings is 1. The summed E-state index contributed by atoms with van der Waals surface area (Å²) in [4.78, 5) is 32.5. The average Bonchev–Trinajstić information content (AvgIpc) is 3.34.